The Morgan fingerprint density at radius 1 is 0.556 bits per heavy atom. The third-order valence-electron chi connectivity index (χ3n) is 5.30. The topological polar surface area (TPSA) is 34.1 Å². The van der Waals surface area contributed by atoms with E-state index in [9.17, 15) is 9.59 Å². The highest BCUT2D eigenvalue weighted by Crippen LogP contribution is 2.38. The molecule has 5 rings (SSSR count). The van der Waals surface area contributed by atoms with Crippen LogP contribution in [-0.2, 0) is 0 Å². The van der Waals surface area contributed by atoms with Crippen LogP contribution in [0.25, 0.3) is 21.9 Å². The Labute approximate surface area is 157 Å². The molecule has 1 aliphatic rings. The van der Waals surface area contributed by atoms with Gasteiger partial charge in [0.2, 0.25) is 0 Å². The van der Waals surface area contributed by atoms with E-state index in [1.54, 1.807) is 24.3 Å². The Bertz CT molecular complexity index is 1250. The molecule has 4 aromatic carbocycles. The van der Waals surface area contributed by atoms with Crippen molar-refractivity contribution in [3.05, 3.63) is 107 Å². The number of ketones is 2. The minimum absolute atomic E-state index is 0.0770. The lowest BCUT2D eigenvalue weighted by molar-refractivity contribution is 0.0980. The zero-order valence-corrected chi connectivity index (χ0v) is 14.8. The van der Waals surface area contributed by atoms with E-state index in [4.69, 9.17) is 0 Å². The first kappa shape index (κ1) is 15.7. The average molecular weight is 348 g/mol. The van der Waals surface area contributed by atoms with Gasteiger partial charge in [0.05, 0.1) is 0 Å². The maximum absolute atomic E-state index is 13.2. The number of hydrogen-bond donors (Lipinski definition) is 0. The summed E-state index contributed by atoms with van der Waals surface area (Å²) in [5.74, 6) is -0.161. The summed E-state index contributed by atoms with van der Waals surface area (Å²) in [6.45, 7) is 2.05. The van der Waals surface area contributed by atoms with E-state index in [2.05, 4.69) is 24.3 Å². The number of benzene rings is 4. The van der Waals surface area contributed by atoms with Crippen molar-refractivity contribution in [3.63, 3.8) is 0 Å². The van der Waals surface area contributed by atoms with Gasteiger partial charge in [-0.15, -0.1) is 0 Å². The lowest BCUT2D eigenvalue weighted by atomic mass is 9.79. The smallest absolute Gasteiger partial charge is 0.195 e. The van der Waals surface area contributed by atoms with Crippen molar-refractivity contribution < 1.29 is 9.59 Å². The van der Waals surface area contributed by atoms with Crippen LogP contribution >= 0.6 is 0 Å². The number of carbonyl (C=O) groups excluding carboxylic acids is 2. The van der Waals surface area contributed by atoms with Gasteiger partial charge in [0.25, 0.3) is 0 Å². The molecule has 128 valence electrons. The molecule has 0 aliphatic heterocycles. The summed E-state index contributed by atoms with van der Waals surface area (Å²) >= 11 is 0. The third-order valence-corrected chi connectivity index (χ3v) is 5.30. The molecule has 0 bridgehead atoms. The lowest BCUT2D eigenvalue weighted by Gasteiger charge is -2.21. The summed E-state index contributed by atoms with van der Waals surface area (Å²) in [7, 11) is 0. The van der Waals surface area contributed by atoms with Gasteiger partial charge in [-0.1, -0.05) is 78.4 Å². The van der Waals surface area contributed by atoms with Crippen LogP contribution < -0.4 is 0 Å². The van der Waals surface area contributed by atoms with Crippen LogP contribution in [0.4, 0.5) is 0 Å². The number of fused-ring (bicyclic) bond motifs is 4. The third kappa shape index (κ3) is 2.27. The Hall–Kier alpha value is -3.52. The highest BCUT2D eigenvalue weighted by atomic mass is 16.1. The lowest BCUT2D eigenvalue weighted by Crippen LogP contribution is -2.21. The molecule has 0 atom stereocenters. The first-order chi connectivity index (χ1) is 13.1. The summed E-state index contributed by atoms with van der Waals surface area (Å²) in [5, 5.41) is 1.82. The molecule has 0 amide bonds. The standard InChI is InChI=1S/C25H16O2/c1-15-10-12-16(13-11-15)21-14-22-23(18-7-3-2-6-17(18)21)25(27)20-9-5-4-8-19(20)24(22)26/h2-14H,1H3. The second-order valence-corrected chi connectivity index (χ2v) is 6.96. The van der Waals surface area contributed by atoms with Gasteiger partial charge in [-0.25, -0.2) is 0 Å². The molecule has 1 aliphatic carbocycles. The summed E-state index contributed by atoms with van der Waals surface area (Å²) in [6, 6.07) is 25.0. The van der Waals surface area contributed by atoms with E-state index >= 15 is 0 Å². The van der Waals surface area contributed by atoms with Gasteiger partial charge in [-0.2, -0.15) is 0 Å². The van der Waals surface area contributed by atoms with Crippen LogP contribution in [0.1, 0.15) is 37.4 Å². The first-order valence-electron chi connectivity index (χ1n) is 8.96. The Kier molecular flexibility index (Phi) is 3.34. The number of carbonyl (C=O) groups is 2. The van der Waals surface area contributed by atoms with E-state index in [0.29, 0.717) is 22.3 Å². The molecule has 2 heteroatoms. The van der Waals surface area contributed by atoms with Gasteiger partial charge in [0.15, 0.2) is 11.6 Å². The molecule has 2 nitrogen and oxygen atoms in total. The molecule has 27 heavy (non-hydrogen) atoms. The molecule has 4 aromatic rings. The van der Waals surface area contributed by atoms with Gasteiger partial charge < -0.3 is 0 Å². The van der Waals surface area contributed by atoms with Crippen molar-refractivity contribution >= 4 is 22.3 Å². The van der Waals surface area contributed by atoms with Gasteiger partial charge >= 0.3 is 0 Å². The molecular formula is C25H16O2. The number of hydrogen-bond acceptors (Lipinski definition) is 2. The largest absolute Gasteiger partial charge is 0.289 e. The fraction of sp³-hybridized carbons (Fsp3) is 0.0400. The molecule has 0 radical (unpaired) electrons. The van der Waals surface area contributed by atoms with Gasteiger partial charge in [-0.3, -0.25) is 9.59 Å². The second kappa shape index (κ2) is 5.75. The minimum atomic E-state index is -0.0840. The van der Waals surface area contributed by atoms with Crippen molar-refractivity contribution in [3.8, 4) is 11.1 Å². The van der Waals surface area contributed by atoms with Crippen LogP contribution in [0, 0.1) is 6.92 Å². The van der Waals surface area contributed by atoms with Crippen LogP contribution in [0.2, 0.25) is 0 Å². The van der Waals surface area contributed by atoms with Crippen LogP contribution in [0.15, 0.2) is 78.9 Å². The van der Waals surface area contributed by atoms with Gasteiger partial charge in [0.1, 0.15) is 0 Å². The fourth-order valence-corrected chi connectivity index (χ4v) is 3.93. The van der Waals surface area contributed by atoms with Crippen molar-refractivity contribution in [1.29, 1.82) is 0 Å². The normalized spacial score (nSPS) is 12.8. The van der Waals surface area contributed by atoms with E-state index in [1.807, 2.05) is 37.3 Å². The maximum Gasteiger partial charge on any atom is 0.195 e. The van der Waals surface area contributed by atoms with Crippen molar-refractivity contribution in [2.45, 2.75) is 6.92 Å². The molecular weight excluding hydrogens is 332 g/mol. The molecule has 0 fully saturated rings. The van der Waals surface area contributed by atoms with E-state index in [0.717, 1.165) is 21.9 Å². The molecule has 0 N–H and O–H groups in total. The first-order valence-corrected chi connectivity index (χ1v) is 8.96. The highest BCUT2D eigenvalue weighted by Gasteiger charge is 2.31. The predicted octanol–water partition coefficient (Wildman–Crippen LogP) is 5.59. The Balaban J connectivity index is 1.88. The summed E-state index contributed by atoms with van der Waals surface area (Å²) < 4.78 is 0. The Morgan fingerprint density at radius 3 is 1.85 bits per heavy atom. The monoisotopic (exact) mass is 348 g/mol. The molecule has 0 heterocycles. The highest BCUT2D eigenvalue weighted by molar-refractivity contribution is 6.33. The van der Waals surface area contributed by atoms with Crippen molar-refractivity contribution in [1.82, 2.24) is 0 Å². The summed E-state index contributed by atoms with van der Waals surface area (Å²) in [4.78, 5) is 26.4. The molecule has 0 unspecified atom stereocenters. The van der Waals surface area contributed by atoms with Crippen LogP contribution in [-0.4, -0.2) is 11.6 Å². The number of aryl methyl sites for hydroxylation is 1. The zero-order chi connectivity index (χ0) is 18.5. The molecule has 0 spiro atoms. The van der Waals surface area contributed by atoms with Crippen molar-refractivity contribution in [2.24, 2.45) is 0 Å². The Morgan fingerprint density at radius 2 is 1.15 bits per heavy atom. The number of rotatable bonds is 1. The maximum atomic E-state index is 13.2. The summed E-state index contributed by atoms with van der Waals surface area (Å²) in [6.07, 6.45) is 0. The predicted molar refractivity (Wildman–Crippen MR) is 107 cm³/mol. The minimum Gasteiger partial charge on any atom is -0.289 e. The molecule has 0 saturated carbocycles. The average Bonchev–Trinajstić information content (AvgIpc) is 2.71. The fourth-order valence-electron chi connectivity index (χ4n) is 3.93. The molecule has 0 saturated heterocycles. The molecule has 0 aromatic heterocycles. The second-order valence-electron chi connectivity index (χ2n) is 6.96. The van der Waals surface area contributed by atoms with Crippen LogP contribution in [0.3, 0.4) is 0 Å². The van der Waals surface area contributed by atoms with E-state index < -0.39 is 0 Å². The van der Waals surface area contributed by atoms with E-state index in [1.165, 1.54) is 5.56 Å². The quantitative estimate of drug-likeness (QED) is 0.396. The van der Waals surface area contributed by atoms with Crippen molar-refractivity contribution in [2.75, 3.05) is 0 Å². The van der Waals surface area contributed by atoms with Gasteiger partial charge in [-0.05, 0) is 34.9 Å². The SMILES string of the molecule is Cc1ccc(-c2cc3c(c4ccccc24)C(=O)c2ccccc2C3=O)cc1. The zero-order valence-electron chi connectivity index (χ0n) is 14.8. The van der Waals surface area contributed by atoms with Crippen LogP contribution in [0.5, 0.6) is 0 Å². The summed E-state index contributed by atoms with van der Waals surface area (Å²) in [5.41, 5.74) is 5.19. The van der Waals surface area contributed by atoms with Gasteiger partial charge in [0, 0.05) is 22.3 Å². The van der Waals surface area contributed by atoms with E-state index in [-0.39, 0.29) is 11.6 Å².